The highest BCUT2D eigenvalue weighted by Crippen LogP contribution is 2.35. The minimum Gasteiger partial charge on any atom is -0.300 e. The van der Waals surface area contributed by atoms with E-state index in [2.05, 4.69) is 39.8 Å². The molecule has 6 heteroatoms. The first kappa shape index (κ1) is 16.7. The second kappa shape index (κ2) is 8.08. The van der Waals surface area contributed by atoms with Crippen molar-refractivity contribution < 1.29 is 4.79 Å². The molecule has 1 N–H and O–H groups in total. The van der Waals surface area contributed by atoms with E-state index >= 15 is 0 Å². The normalized spacial score (nSPS) is 10.8. The first-order valence-electron chi connectivity index (χ1n) is 7.54. The average Bonchev–Trinajstić information content (AvgIpc) is 3.02. The predicted molar refractivity (Wildman–Crippen MR) is 100 cm³/mol. The Morgan fingerprint density at radius 2 is 1.62 bits per heavy atom. The van der Waals surface area contributed by atoms with E-state index in [9.17, 15) is 4.79 Å². The van der Waals surface area contributed by atoms with Crippen LogP contribution in [0.5, 0.6) is 0 Å². The molecule has 0 radical (unpaired) electrons. The summed E-state index contributed by atoms with van der Waals surface area (Å²) in [4.78, 5) is 12.2. The van der Waals surface area contributed by atoms with Crippen molar-refractivity contribution in [3.05, 3.63) is 76.8 Å². The summed E-state index contributed by atoms with van der Waals surface area (Å²) >= 11 is 2.99. The van der Waals surface area contributed by atoms with Crippen LogP contribution in [0.15, 0.2) is 60.7 Å². The lowest BCUT2D eigenvalue weighted by atomic mass is 10.0. The molecule has 0 aliphatic rings. The van der Waals surface area contributed by atoms with Crippen LogP contribution in [0.3, 0.4) is 0 Å². The van der Waals surface area contributed by atoms with Crippen molar-refractivity contribution in [2.75, 3.05) is 11.1 Å². The Bertz CT molecular complexity index is 751. The number of aryl methyl sites for hydroxylation is 1. The molecule has 0 aliphatic heterocycles. The Morgan fingerprint density at radius 3 is 2.12 bits per heavy atom. The second-order valence-electron chi connectivity index (χ2n) is 5.19. The molecule has 0 saturated carbocycles. The van der Waals surface area contributed by atoms with E-state index in [0.717, 1.165) is 5.01 Å². The van der Waals surface area contributed by atoms with Gasteiger partial charge in [-0.3, -0.25) is 10.1 Å². The van der Waals surface area contributed by atoms with E-state index in [0.29, 0.717) is 10.9 Å². The van der Waals surface area contributed by atoms with E-state index in [1.54, 1.807) is 11.8 Å². The van der Waals surface area contributed by atoms with Gasteiger partial charge in [-0.05, 0) is 18.1 Å². The Labute approximate surface area is 149 Å². The monoisotopic (exact) mass is 355 g/mol. The number of benzene rings is 2. The average molecular weight is 355 g/mol. The van der Waals surface area contributed by atoms with Crippen molar-refractivity contribution in [1.29, 1.82) is 0 Å². The van der Waals surface area contributed by atoms with Crippen LogP contribution < -0.4 is 5.32 Å². The Hall–Kier alpha value is -2.18. The van der Waals surface area contributed by atoms with E-state index in [4.69, 9.17) is 0 Å². The highest BCUT2D eigenvalue weighted by atomic mass is 32.2. The zero-order chi connectivity index (χ0) is 16.8. The number of hydrogen-bond acceptors (Lipinski definition) is 5. The molecule has 24 heavy (non-hydrogen) atoms. The predicted octanol–water partition coefficient (Wildman–Crippen LogP) is 4.31. The third kappa shape index (κ3) is 4.43. The number of carbonyl (C=O) groups excluding carboxylic acids is 1. The number of nitrogens with zero attached hydrogens (tertiary/aromatic N) is 2. The van der Waals surface area contributed by atoms with Crippen molar-refractivity contribution in [3.63, 3.8) is 0 Å². The molecule has 122 valence electrons. The quantitative estimate of drug-likeness (QED) is 0.716. The van der Waals surface area contributed by atoms with Crippen molar-refractivity contribution >= 4 is 34.1 Å². The van der Waals surface area contributed by atoms with Gasteiger partial charge in [-0.25, -0.2) is 0 Å². The van der Waals surface area contributed by atoms with Crippen LogP contribution in [-0.4, -0.2) is 21.9 Å². The minimum atomic E-state index is -0.0620. The first-order chi connectivity index (χ1) is 11.7. The van der Waals surface area contributed by atoms with Crippen molar-refractivity contribution in [2.24, 2.45) is 0 Å². The largest absolute Gasteiger partial charge is 0.300 e. The van der Waals surface area contributed by atoms with Crippen LogP contribution in [0.4, 0.5) is 5.13 Å². The van der Waals surface area contributed by atoms with E-state index in [1.165, 1.54) is 22.5 Å². The first-order valence-corrected chi connectivity index (χ1v) is 9.40. The third-order valence-electron chi connectivity index (χ3n) is 3.36. The Morgan fingerprint density at radius 1 is 1.04 bits per heavy atom. The summed E-state index contributed by atoms with van der Waals surface area (Å²) in [7, 11) is 0. The fourth-order valence-electron chi connectivity index (χ4n) is 2.30. The van der Waals surface area contributed by atoms with E-state index < -0.39 is 0 Å². The molecule has 3 rings (SSSR count). The molecule has 0 saturated heterocycles. The third-order valence-corrected chi connectivity index (χ3v) is 5.42. The standard InChI is InChI=1S/C18H17N3OS2/c1-13-20-21-18(24-13)19-16(22)12-23-17(14-8-4-2-5-9-14)15-10-6-3-7-11-15/h2-11,17H,12H2,1H3,(H,19,21,22). The maximum Gasteiger partial charge on any atom is 0.236 e. The second-order valence-corrected chi connectivity index (χ2v) is 7.46. The number of carbonyl (C=O) groups is 1. The fraction of sp³-hybridized carbons (Fsp3) is 0.167. The zero-order valence-corrected chi connectivity index (χ0v) is 14.8. The summed E-state index contributed by atoms with van der Waals surface area (Å²) in [6, 6.07) is 20.5. The van der Waals surface area contributed by atoms with Gasteiger partial charge in [0, 0.05) is 0 Å². The molecule has 1 heterocycles. The molecule has 1 aromatic heterocycles. The molecule has 0 aliphatic carbocycles. The van der Waals surface area contributed by atoms with Gasteiger partial charge in [-0.1, -0.05) is 72.0 Å². The van der Waals surface area contributed by atoms with Crippen LogP contribution in [0.1, 0.15) is 21.4 Å². The highest BCUT2D eigenvalue weighted by Gasteiger charge is 2.16. The molecular formula is C18H17N3OS2. The van der Waals surface area contributed by atoms with Crippen molar-refractivity contribution in [3.8, 4) is 0 Å². The van der Waals surface area contributed by atoms with Crippen molar-refractivity contribution in [2.45, 2.75) is 12.2 Å². The van der Waals surface area contributed by atoms with Gasteiger partial charge in [0.25, 0.3) is 0 Å². The van der Waals surface area contributed by atoms with Crippen LogP contribution in [0.25, 0.3) is 0 Å². The molecule has 4 nitrogen and oxygen atoms in total. The molecule has 3 aromatic rings. The summed E-state index contributed by atoms with van der Waals surface area (Å²) < 4.78 is 0. The van der Waals surface area contributed by atoms with E-state index in [1.807, 2.05) is 43.3 Å². The minimum absolute atomic E-state index is 0.0620. The maximum absolute atomic E-state index is 12.2. The Balaban J connectivity index is 1.69. The zero-order valence-electron chi connectivity index (χ0n) is 13.2. The number of hydrogen-bond donors (Lipinski definition) is 1. The summed E-state index contributed by atoms with van der Waals surface area (Å²) in [6.45, 7) is 1.86. The lowest BCUT2D eigenvalue weighted by Crippen LogP contribution is -2.15. The maximum atomic E-state index is 12.2. The van der Waals surface area contributed by atoms with Crippen LogP contribution in [0.2, 0.25) is 0 Å². The number of amides is 1. The molecule has 0 bridgehead atoms. The highest BCUT2D eigenvalue weighted by molar-refractivity contribution is 8.00. The van der Waals surface area contributed by atoms with Crippen LogP contribution in [0, 0.1) is 6.92 Å². The molecule has 0 spiro atoms. The summed E-state index contributed by atoms with van der Waals surface area (Å²) in [6.07, 6.45) is 0. The van der Waals surface area contributed by atoms with Gasteiger partial charge in [0.15, 0.2) is 0 Å². The van der Waals surface area contributed by atoms with Gasteiger partial charge < -0.3 is 0 Å². The molecule has 0 atom stereocenters. The van der Waals surface area contributed by atoms with Gasteiger partial charge in [0.1, 0.15) is 5.01 Å². The van der Waals surface area contributed by atoms with Gasteiger partial charge in [0.05, 0.1) is 11.0 Å². The lowest BCUT2D eigenvalue weighted by molar-refractivity contribution is -0.113. The molecule has 0 fully saturated rings. The van der Waals surface area contributed by atoms with Gasteiger partial charge in [-0.15, -0.1) is 22.0 Å². The Kier molecular flexibility index (Phi) is 5.61. The van der Waals surface area contributed by atoms with Gasteiger partial charge >= 0.3 is 0 Å². The number of thioether (sulfide) groups is 1. The van der Waals surface area contributed by atoms with Crippen molar-refractivity contribution in [1.82, 2.24) is 10.2 Å². The van der Waals surface area contributed by atoms with Crippen LogP contribution in [-0.2, 0) is 4.79 Å². The van der Waals surface area contributed by atoms with Crippen LogP contribution >= 0.6 is 23.1 Å². The topological polar surface area (TPSA) is 54.9 Å². The summed E-state index contributed by atoms with van der Waals surface area (Å²) in [5.41, 5.74) is 2.38. The molecule has 0 unspecified atom stereocenters. The SMILES string of the molecule is Cc1nnc(NC(=O)CSC(c2ccccc2)c2ccccc2)s1. The molecule has 2 aromatic carbocycles. The molecule has 1 amide bonds. The van der Waals surface area contributed by atoms with E-state index in [-0.39, 0.29) is 11.2 Å². The summed E-state index contributed by atoms with van der Waals surface area (Å²) in [5, 5.41) is 12.1. The summed E-state index contributed by atoms with van der Waals surface area (Å²) in [5.74, 6) is 0.292. The lowest BCUT2D eigenvalue weighted by Gasteiger charge is -2.17. The van der Waals surface area contributed by atoms with Gasteiger partial charge in [-0.2, -0.15) is 0 Å². The van der Waals surface area contributed by atoms with Gasteiger partial charge in [0.2, 0.25) is 11.0 Å². The number of rotatable bonds is 6. The number of anilines is 1. The molecular weight excluding hydrogens is 338 g/mol. The smallest absolute Gasteiger partial charge is 0.236 e. The number of nitrogens with one attached hydrogen (secondary N) is 1. The number of aromatic nitrogens is 2. The fourth-order valence-corrected chi connectivity index (χ4v) is 4.00.